The summed E-state index contributed by atoms with van der Waals surface area (Å²) in [4.78, 5) is 0. The lowest BCUT2D eigenvalue weighted by molar-refractivity contribution is 0.453. The summed E-state index contributed by atoms with van der Waals surface area (Å²) in [6.07, 6.45) is 0. The second kappa shape index (κ2) is 2.62. The molecule has 0 unspecified atom stereocenters. The average Bonchev–Trinajstić information content (AvgIpc) is 2.02. The smallest absolute Gasteiger partial charge is 0.134 e. The van der Waals surface area contributed by atoms with E-state index in [0.29, 0.717) is 5.39 Å². The third kappa shape index (κ3) is 1.18. The average molecular weight is 178 g/mol. The topological polar surface area (TPSA) is 40.5 Å². The maximum absolute atomic E-state index is 13.1. The molecule has 2 N–H and O–H groups in total. The van der Waals surface area contributed by atoms with E-state index < -0.39 is 5.82 Å². The van der Waals surface area contributed by atoms with Crippen LogP contribution in [-0.4, -0.2) is 10.2 Å². The van der Waals surface area contributed by atoms with Crippen LogP contribution in [0.4, 0.5) is 4.39 Å². The number of hydrogen-bond donors (Lipinski definition) is 2. The zero-order valence-corrected chi connectivity index (χ0v) is 6.66. The summed E-state index contributed by atoms with van der Waals surface area (Å²) in [5, 5.41) is 19.1. The first-order valence-electron chi connectivity index (χ1n) is 3.78. The maximum Gasteiger partial charge on any atom is 0.134 e. The first kappa shape index (κ1) is 7.86. The zero-order chi connectivity index (χ0) is 9.42. The summed E-state index contributed by atoms with van der Waals surface area (Å²) in [5.41, 5.74) is 0. The van der Waals surface area contributed by atoms with Gasteiger partial charge in [-0.3, -0.25) is 0 Å². The number of benzene rings is 2. The predicted octanol–water partition coefficient (Wildman–Crippen LogP) is 2.39. The highest BCUT2D eigenvalue weighted by Gasteiger charge is 2.06. The van der Waals surface area contributed by atoms with Crippen molar-refractivity contribution >= 4 is 10.8 Å². The molecule has 0 atom stereocenters. The molecule has 0 saturated heterocycles. The highest BCUT2D eigenvalue weighted by molar-refractivity contribution is 5.89. The molecule has 2 nitrogen and oxygen atoms in total. The molecule has 2 aromatic carbocycles. The number of halogens is 1. The van der Waals surface area contributed by atoms with Gasteiger partial charge in [-0.15, -0.1) is 0 Å². The van der Waals surface area contributed by atoms with Crippen LogP contribution >= 0.6 is 0 Å². The lowest BCUT2D eigenvalue weighted by Crippen LogP contribution is -1.79. The van der Waals surface area contributed by atoms with Gasteiger partial charge in [-0.2, -0.15) is 0 Å². The van der Waals surface area contributed by atoms with Crippen LogP contribution in [0.15, 0.2) is 30.3 Å². The fourth-order valence-electron chi connectivity index (χ4n) is 1.34. The van der Waals surface area contributed by atoms with Crippen LogP contribution in [0, 0.1) is 5.82 Å². The van der Waals surface area contributed by atoms with Crippen molar-refractivity contribution in [2.24, 2.45) is 0 Å². The van der Waals surface area contributed by atoms with Crippen LogP contribution in [0.2, 0.25) is 0 Å². The minimum absolute atomic E-state index is 0.0735. The number of rotatable bonds is 0. The number of hydrogen-bond acceptors (Lipinski definition) is 2. The quantitative estimate of drug-likeness (QED) is 0.650. The maximum atomic E-state index is 13.1. The molecule has 13 heavy (non-hydrogen) atoms. The van der Waals surface area contributed by atoms with Crippen LogP contribution in [-0.2, 0) is 0 Å². The zero-order valence-electron chi connectivity index (χ0n) is 6.66. The summed E-state index contributed by atoms with van der Waals surface area (Å²) >= 11 is 0. The minimum Gasteiger partial charge on any atom is -0.508 e. The number of fused-ring (bicyclic) bond motifs is 1. The molecular weight excluding hydrogens is 171 g/mol. The second-order valence-corrected chi connectivity index (χ2v) is 2.80. The lowest BCUT2D eigenvalue weighted by Gasteiger charge is -2.02. The van der Waals surface area contributed by atoms with Crippen LogP contribution in [0.3, 0.4) is 0 Å². The summed E-state index contributed by atoms with van der Waals surface area (Å²) in [7, 11) is 0. The molecule has 66 valence electrons. The molecule has 0 saturated carbocycles. The SMILES string of the molecule is Oc1cc(O)c2c(F)cccc2c1. The Bertz CT molecular complexity index is 466. The molecule has 0 aromatic heterocycles. The minimum atomic E-state index is -0.491. The fraction of sp³-hybridized carbons (Fsp3) is 0. The van der Waals surface area contributed by atoms with Gasteiger partial charge in [0.25, 0.3) is 0 Å². The van der Waals surface area contributed by atoms with Gasteiger partial charge in [0.1, 0.15) is 17.3 Å². The van der Waals surface area contributed by atoms with Gasteiger partial charge in [-0.05, 0) is 17.5 Å². The van der Waals surface area contributed by atoms with E-state index in [0.717, 1.165) is 6.07 Å². The van der Waals surface area contributed by atoms with Crippen molar-refractivity contribution < 1.29 is 14.6 Å². The van der Waals surface area contributed by atoms with Gasteiger partial charge < -0.3 is 10.2 Å². The normalized spacial score (nSPS) is 10.5. The van der Waals surface area contributed by atoms with Gasteiger partial charge in [0.15, 0.2) is 0 Å². The molecule has 2 aromatic rings. The molecule has 0 amide bonds. The second-order valence-electron chi connectivity index (χ2n) is 2.80. The van der Waals surface area contributed by atoms with E-state index in [-0.39, 0.29) is 16.9 Å². The molecule has 0 aliphatic carbocycles. The fourth-order valence-corrected chi connectivity index (χ4v) is 1.34. The van der Waals surface area contributed by atoms with E-state index in [1.165, 1.54) is 18.2 Å². The van der Waals surface area contributed by atoms with Crippen molar-refractivity contribution in [3.8, 4) is 11.5 Å². The van der Waals surface area contributed by atoms with E-state index >= 15 is 0 Å². The molecule has 3 heteroatoms. The third-order valence-corrected chi connectivity index (χ3v) is 1.89. The number of aromatic hydroxyl groups is 2. The largest absolute Gasteiger partial charge is 0.508 e. The number of phenolic OH excluding ortho intramolecular Hbond substituents is 2. The van der Waals surface area contributed by atoms with Crippen molar-refractivity contribution in [3.05, 3.63) is 36.1 Å². The van der Waals surface area contributed by atoms with Crippen molar-refractivity contribution in [1.29, 1.82) is 0 Å². The molecule has 0 heterocycles. The Hall–Kier alpha value is -1.77. The van der Waals surface area contributed by atoms with Gasteiger partial charge in [0, 0.05) is 6.07 Å². The summed E-state index contributed by atoms with van der Waals surface area (Å²) < 4.78 is 13.1. The summed E-state index contributed by atoms with van der Waals surface area (Å²) in [6, 6.07) is 6.93. The van der Waals surface area contributed by atoms with E-state index in [1.807, 2.05) is 0 Å². The van der Waals surface area contributed by atoms with Gasteiger partial charge in [0.05, 0.1) is 5.39 Å². The van der Waals surface area contributed by atoms with Crippen molar-refractivity contribution in [3.63, 3.8) is 0 Å². The molecule has 0 radical (unpaired) electrons. The van der Waals surface area contributed by atoms with E-state index in [9.17, 15) is 9.50 Å². The van der Waals surface area contributed by atoms with Gasteiger partial charge >= 0.3 is 0 Å². The van der Waals surface area contributed by atoms with E-state index in [1.54, 1.807) is 6.07 Å². The predicted molar refractivity (Wildman–Crippen MR) is 47.2 cm³/mol. The van der Waals surface area contributed by atoms with Gasteiger partial charge in [0.2, 0.25) is 0 Å². The highest BCUT2D eigenvalue weighted by Crippen LogP contribution is 2.31. The van der Waals surface area contributed by atoms with Gasteiger partial charge in [-0.1, -0.05) is 12.1 Å². The molecule has 0 spiro atoms. The third-order valence-electron chi connectivity index (χ3n) is 1.89. The summed E-state index contributed by atoms with van der Waals surface area (Å²) in [6.45, 7) is 0. The molecule has 0 bridgehead atoms. The Kier molecular flexibility index (Phi) is 1.59. The Morgan fingerprint density at radius 2 is 1.85 bits per heavy atom. The molecule has 2 rings (SSSR count). The van der Waals surface area contributed by atoms with Gasteiger partial charge in [-0.25, -0.2) is 4.39 Å². The van der Waals surface area contributed by atoms with Crippen LogP contribution in [0.1, 0.15) is 0 Å². The number of phenols is 2. The molecule has 0 aliphatic heterocycles. The van der Waals surface area contributed by atoms with E-state index in [2.05, 4.69) is 0 Å². The first-order valence-corrected chi connectivity index (χ1v) is 3.78. The molecular formula is C10H7FO2. The van der Waals surface area contributed by atoms with Crippen molar-refractivity contribution in [2.75, 3.05) is 0 Å². The van der Waals surface area contributed by atoms with Crippen LogP contribution in [0.5, 0.6) is 11.5 Å². The lowest BCUT2D eigenvalue weighted by atomic mass is 10.1. The highest BCUT2D eigenvalue weighted by atomic mass is 19.1. The van der Waals surface area contributed by atoms with E-state index in [4.69, 9.17) is 5.11 Å². The van der Waals surface area contributed by atoms with Crippen LogP contribution < -0.4 is 0 Å². The van der Waals surface area contributed by atoms with Crippen molar-refractivity contribution in [1.82, 2.24) is 0 Å². The molecule has 0 aliphatic rings. The van der Waals surface area contributed by atoms with Crippen LogP contribution in [0.25, 0.3) is 10.8 Å². The Balaban J connectivity index is 2.94. The first-order chi connectivity index (χ1) is 6.18. The summed E-state index contributed by atoms with van der Waals surface area (Å²) in [5.74, 6) is -0.807. The monoisotopic (exact) mass is 178 g/mol. The Morgan fingerprint density at radius 3 is 2.62 bits per heavy atom. The molecule has 0 fully saturated rings. The standard InChI is InChI=1S/C10H7FO2/c11-8-3-1-2-6-4-7(12)5-9(13)10(6)8/h1-5,12-13H. The Labute approximate surface area is 73.9 Å². The Morgan fingerprint density at radius 1 is 1.08 bits per heavy atom. The van der Waals surface area contributed by atoms with Crippen molar-refractivity contribution in [2.45, 2.75) is 0 Å².